The van der Waals surface area contributed by atoms with Gasteiger partial charge in [0.2, 0.25) is 0 Å². The first-order valence-electron chi connectivity index (χ1n) is 6.28. The maximum Gasteiger partial charge on any atom is 0.331 e. The van der Waals surface area contributed by atoms with E-state index in [9.17, 15) is 4.79 Å². The summed E-state index contributed by atoms with van der Waals surface area (Å²) in [5.41, 5.74) is 1.20. The molecule has 0 saturated carbocycles. The molecule has 1 aromatic carbocycles. The molecule has 0 spiro atoms. The zero-order valence-electron chi connectivity index (χ0n) is 11.0. The topological polar surface area (TPSA) is 46.5 Å². The third-order valence-electron chi connectivity index (χ3n) is 2.62. The summed E-state index contributed by atoms with van der Waals surface area (Å²) in [6.45, 7) is 4.47. The number of ether oxygens (including phenoxy) is 1. The third kappa shape index (κ3) is 5.04. The molecule has 0 bridgehead atoms. The number of rotatable bonds is 7. The Morgan fingerprint density at radius 1 is 1.28 bits per heavy atom. The highest BCUT2D eigenvalue weighted by Gasteiger charge is 2.00. The van der Waals surface area contributed by atoms with Crippen LogP contribution in [0.4, 0.5) is 0 Å². The molecule has 0 atom stereocenters. The van der Waals surface area contributed by atoms with Crippen molar-refractivity contribution in [2.75, 3.05) is 6.61 Å². The van der Waals surface area contributed by atoms with Crippen LogP contribution in [0, 0.1) is 0 Å². The Balaban J connectivity index is 2.52. The van der Waals surface area contributed by atoms with Gasteiger partial charge in [0.25, 0.3) is 0 Å². The summed E-state index contributed by atoms with van der Waals surface area (Å²) in [5, 5.41) is 8.77. The molecule has 0 aromatic heterocycles. The Kier molecular flexibility index (Phi) is 5.98. The Bertz CT molecular complexity index is 404. The molecule has 0 saturated heterocycles. The van der Waals surface area contributed by atoms with E-state index in [1.807, 2.05) is 24.3 Å². The number of aliphatic carboxylic acids is 1. The van der Waals surface area contributed by atoms with Crippen LogP contribution in [0.2, 0.25) is 0 Å². The van der Waals surface area contributed by atoms with E-state index < -0.39 is 5.97 Å². The van der Waals surface area contributed by atoms with Crippen molar-refractivity contribution in [1.82, 2.24) is 0 Å². The zero-order chi connectivity index (χ0) is 13.4. The lowest BCUT2D eigenvalue weighted by molar-refractivity contribution is -0.132. The molecule has 0 aliphatic carbocycles. The van der Waals surface area contributed by atoms with Crippen molar-refractivity contribution in [3.05, 3.63) is 35.4 Å². The van der Waals surface area contributed by atoms with Gasteiger partial charge in [-0.05, 0) is 37.1 Å². The largest absolute Gasteiger partial charge is 0.494 e. The fourth-order valence-corrected chi connectivity index (χ4v) is 1.51. The van der Waals surface area contributed by atoms with Crippen molar-refractivity contribution in [1.29, 1.82) is 0 Å². The van der Waals surface area contributed by atoms with Gasteiger partial charge in [-0.2, -0.15) is 0 Å². The van der Waals surface area contributed by atoms with Crippen LogP contribution < -0.4 is 4.74 Å². The molecule has 1 aromatic rings. The fraction of sp³-hybridized carbons (Fsp3) is 0.400. The maximum absolute atomic E-state index is 10.7. The number of unbranched alkanes of at least 4 members (excludes halogenated alkanes) is 2. The normalized spacial score (nSPS) is 11.3. The Morgan fingerprint density at radius 2 is 1.94 bits per heavy atom. The van der Waals surface area contributed by atoms with Gasteiger partial charge in [0.1, 0.15) is 5.75 Å². The lowest BCUT2D eigenvalue weighted by Gasteiger charge is -2.05. The standard InChI is InChI=1S/C15H20O3/c1-3-4-5-10-18-14-8-6-13(7-9-14)11-12(2)15(16)17/h6-9,11H,3-5,10H2,1-2H3,(H,16,17)/b12-11+. The number of benzene rings is 1. The molecule has 3 nitrogen and oxygen atoms in total. The van der Waals surface area contributed by atoms with Gasteiger partial charge in [-0.1, -0.05) is 31.9 Å². The van der Waals surface area contributed by atoms with Gasteiger partial charge in [-0.3, -0.25) is 0 Å². The van der Waals surface area contributed by atoms with Crippen LogP contribution in [0.1, 0.15) is 38.7 Å². The number of carboxylic acids is 1. The van der Waals surface area contributed by atoms with E-state index in [-0.39, 0.29) is 0 Å². The van der Waals surface area contributed by atoms with Gasteiger partial charge in [0.15, 0.2) is 0 Å². The van der Waals surface area contributed by atoms with Gasteiger partial charge in [-0.15, -0.1) is 0 Å². The summed E-state index contributed by atoms with van der Waals surface area (Å²) < 4.78 is 5.58. The second-order valence-electron chi connectivity index (χ2n) is 4.26. The van der Waals surface area contributed by atoms with Crippen molar-refractivity contribution in [2.45, 2.75) is 33.1 Å². The van der Waals surface area contributed by atoms with Crippen LogP contribution >= 0.6 is 0 Å². The van der Waals surface area contributed by atoms with Crippen LogP contribution in [0.5, 0.6) is 5.75 Å². The maximum atomic E-state index is 10.7. The molecule has 0 amide bonds. The minimum atomic E-state index is -0.894. The van der Waals surface area contributed by atoms with E-state index in [4.69, 9.17) is 9.84 Å². The van der Waals surface area contributed by atoms with Crippen molar-refractivity contribution in [2.24, 2.45) is 0 Å². The summed E-state index contributed by atoms with van der Waals surface area (Å²) in [6.07, 6.45) is 5.07. The third-order valence-corrected chi connectivity index (χ3v) is 2.62. The van der Waals surface area contributed by atoms with Gasteiger partial charge in [0.05, 0.1) is 6.61 Å². The Hall–Kier alpha value is -1.77. The number of hydrogen-bond donors (Lipinski definition) is 1. The van der Waals surface area contributed by atoms with Crippen molar-refractivity contribution in [3.8, 4) is 5.75 Å². The van der Waals surface area contributed by atoms with E-state index in [1.54, 1.807) is 13.0 Å². The van der Waals surface area contributed by atoms with Crippen LogP contribution in [0.25, 0.3) is 6.08 Å². The van der Waals surface area contributed by atoms with E-state index in [1.165, 1.54) is 12.8 Å². The second kappa shape index (κ2) is 7.54. The number of carbonyl (C=O) groups is 1. The molecule has 1 N–H and O–H groups in total. The highest BCUT2D eigenvalue weighted by molar-refractivity contribution is 5.91. The molecular formula is C15H20O3. The number of carboxylic acid groups (broad SMARTS) is 1. The first-order valence-corrected chi connectivity index (χ1v) is 6.28. The first-order chi connectivity index (χ1) is 8.63. The van der Waals surface area contributed by atoms with E-state index in [0.29, 0.717) is 5.57 Å². The molecule has 0 aliphatic rings. The minimum absolute atomic E-state index is 0.326. The summed E-state index contributed by atoms with van der Waals surface area (Å²) in [6, 6.07) is 7.46. The lowest BCUT2D eigenvalue weighted by atomic mass is 10.1. The molecule has 98 valence electrons. The Labute approximate surface area is 108 Å². The second-order valence-corrected chi connectivity index (χ2v) is 4.26. The first kappa shape index (κ1) is 14.3. The SMILES string of the molecule is CCCCCOc1ccc(/C=C(\C)C(=O)O)cc1. The van der Waals surface area contributed by atoms with E-state index in [2.05, 4.69) is 6.92 Å². The van der Waals surface area contributed by atoms with Crippen molar-refractivity contribution < 1.29 is 14.6 Å². The predicted molar refractivity (Wildman–Crippen MR) is 72.7 cm³/mol. The molecule has 0 aliphatic heterocycles. The van der Waals surface area contributed by atoms with Gasteiger partial charge < -0.3 is 9.84 Å². The van der Waals surface area contributed by atoms with Gasteiger partial charge in [0, 0.05) is 5.57 Å². The zero-order valence-corrected chi connectivity index (χ0v) is 11.0. The Morgan fingerprint density at radius 3 is 2.50 bits per heavy atom. The van der Waals surface area contributed by atoms with E-state index >= 15 is 0 Å². The lowest BCUT2D eigenvalue weighted by Crippen LogP contribution is -1.97. The average molecular weight is 248 g/mol. The van der Waals surface area contributed by atoms with Crippen LogP contribution in [-0.4, -0.2) is 17.7 Å². The van der Waals surface area contributed by atoms with Crippen molar-refractivity contribution >= 4 is 12.0 Å². The molecule has 3 heteroatoms. The van der Waals surface area contributed by atoms with Crippen LogP contribution in [0.15, 0.2) is 29.8 Å². The van der Waals surface area contributed by atoms with Gasteiger partial charge in [-0.25, -0.2) is 4.79 Å². The fourth-order valence-electron chi connectivity index (χ4n) is 1.51. The van der Waals surface area contributed by atoms with Crippen molar-refractivity contribution in [3.63, 3.8) is 0 Å². The van der Waals surface area contributed by atoms with Gasteiger partial charge >= 0.3 is 5.97 Å². The van der Waals surface area contributed by atoms with Crippen LogP contribution in [0.3, 0.4) is 0 Å². The highest BCUT2D eigenvalue weighted by atomic mass is 16.5. The monoisotopic (exact) mass is 248 g/mol. The molecular weight excluding hydrogens is 228 g/mol. The van der Waals surface area contributed by atoms with Crippen LogP contribution in [-0.2, 0) is 4.79 Å². The molecule has 18 heavy (non-hydrogen) atoms. The summed E-state index contributed by atoms with van der Waals surface area (Å²) >= 11 is 0. The smallest absolute Gasteiger partial charge is 0.331 e. The molecule has 1 rings (SSSR count). The molecule has 0 heterocycles. The number of hydrogen-bond acceptors (Lipinski definition) is 2. The summed E-state index contributed by atoms with van der Waals surface area (Å²) in [5.74, 6) is -0.0638. The molecule has 0 unspecified atom stereocenters. The predicted octanol–water partition coefficient (Wildman–Crippen LogP) is 3.74. The average Bonchev–Trinajstić information content (AvgIpc) is 2.36. The highest BCUT2D eigenvalue weighted by Crippen LogP contribution is 2.15. The van der Waals surface area contributed by atoms with E-state index in [0.717, 1.165) is 24.3 Å². The summed E-state index contributed by atoms with van der Waals surface area (Å²) in [7, 11) is 0. The molecule has 0 fully saturated rings. The molecule has 0 radical (unpaired) electrons. The summed E-state index contributed by atoms with van der Waals surface area (Å²) in [4.78, 5) is 10.7. The quantitative estimate of drug-likeness (QED) is 0.590. The minimum Gasteiger partial charge on any atom is -0.494 e.